The molecule has 3 nitrogen and oxygen atoms in total. The highest BCUT2D eigenvalue weighted by atomic mass is 79.9. The number of nitriles is 1. The molecule has 0 bridgehead atoms. The van der Waals surface area contributed by atoms with Crippen LogP contribution in [0.25, 0.3) is 0 Å². The highest BCUT2D eigenvalue weighted by molar-refractivity contribution is 9.09. The fourth-order valence-electron chi connectivity index (χ4n) is 1.49. The molecule has 0 aliphatic rings. The first-order chi connectivity index (χ1) is 7.60. The summed E-state index contributed by atoms with van der Waals surface area (Å²) in [6.07, 6.45) is -1.20. The molecule has 2 atom stereocenters. The molecule has 0 saturated heterocycles. The lowest BCUT2D eigenvalue weighted by Crippen LogP contribution is -2.18. The fraction of sp³-hybridized carbons (Fsp3) is 0.417. The molecular formula is C12H14BrNO2. The van der Waals surface area contributed by atoms with E-state index in [0.29, 0.717) is 22.9 Å². The van der Waals surface area contributed by atoms with Crippen molar-refractivity contribution < 1.29 is 10.2 Å². The Morgan fingerprint density at radius 1 is 1.44 bits per heavy atom. The minimum absolute atomic E-state index is 0.486. The lowest BCUT2D eigenvalue weighted by atomic mass is 9.98. The lowest BCUT2D eigenvalue weighted by molar-refractivity contribution is 0.0173. The number of hydrogen-bond donors (Lipinski definition) is 2. The highest BCUT2D eigenvalue weighted by Gasteiger charge is 2.18. The van der Waals surface area contributed by atoms with Gasteiger partial charge in [0, 0.05) is 5.33 Å². The van der Waals surface area contributed by atoms with Crippen molar-refractivity contribution >= 4 is 15.9 Å². The van der Waals surface area contributed by atoms with Crippen LogP contribution in [0.15, 0.2) is 18.2 Å². The van der Waals surface area contributed by atoms with Gasteiger partial charge in [-0.15, -0.1) is 0 Å². The average Bonchev–Trinajstić information content (AvgIpc) is 2.28. The maximum Gasteiger partial charge on any atom is 0.105 e. The zero-order chi connectivity index (χ0) is 12.1. The van der Waals surface area contributed by atoms with Gasteiger partial charge in [0.2, 0.25) is 0 Å². The first kappa shape index (κ1) is 13.2. The van der Waals surface area contributed by atoms with E-state index in [1.54, 1.807) is 18.2 Å². The van der Waals surface area contributed by atoms with Crippen molar-refractivity contribution in [3.05, 3.63) is 34.9 Å². The number of halogens is 1. The molecule has 0 spiro atoms. The van der Waals surface area contributed by atoms with Crippen LogP contribution in [0.2, 0.25) is 0 Å². The molecule has 0 radical (unpaired) electrons. The molecule has 2 unspecified atom stereocenters. The van der Waals surface area contributed by atoms with Gasteiger partial charge in [-0.3, -0.25) is 0 Å². The van der Waals surface area contributed by atoms with E-state index in [-0.39, 0.29) is 0 Å². The minimum atomic E-state index is -0.899. The molecule has 0 aliphatic heterocycles. The summed E-state index contributed by atoms with van der Waals surface area (Å²) in [7, 11) is 0. The van der Waals surface area contributed by atoms with Gasteiger partial charge in [0.15, 0.2) is 0 Å². The second-order valence-electron chi connectivity index (χ2n) is 3.68. The van der Waals surface area contributed by atoms with E-state index in [4.69, 9.17) is 5.26 Å². The Bertz CT molecular complexity index is 400. The van der Waals surface area contributed by atoms with Crippen LogP contribution in [0.4, 0.5) is 0 Å². The summed E-state index contributed by atoms with van der Waals surface area (Å²) in [5.41, 5.74) is 2.04. The van der Waals surface area contributed by atoms with E-state index < -0.39 is 12.2 Å². The topological polar surface area (TPSA) is 64.2 Å². The van der Waals surface area contributed by atoms with Gasteiger partial charge in [-0.1, -0.05) is 28.1 Å². The predicted octanol–water partition coefficient (Wildman–Crippen LogP) is 2.05. The van der Waals surface area contributed by atoms with E-state index in [1.165, 1.54) is 0 Å². The average molecular weight is 284 g/mol. The standard InChI is InChI=1S/C12H14BrNO2/c1-8-6-9(2-3-10(8)7-14)12(16)11(15)4-5-13/h2-3,6,11-12,15-16H,4-5H2,1H3. The Morgan fingerprint density at radius 3 is 2.62 bits per heavy atom. The predicted molar refractivity (Wildman–Crippen MR) is 65.3 cm³/mol. The van der Waals surface area contributed by atoms with Crippen LogP contribution in [-0.2, 0) is 0 Å². The van der Waals surface area contributed by atoms with Crippen molar-refractivity contribution in [3.8, 4) is 6.07 Å². The van der Waals surface area contributed by atoms with Crippen molar-refractivity contribution in [2.75, 3.05) is 5.33 Å². The Hall–Kier alpha value is -0.890. The van der Waals surface area contributed by atoms with Gasteiger partial charge in [0.25, 0.3) is 0 Å². The number of hydrogen-bond acceptors (Lipinski definition) is 3. The largest absolute Gasteiger partial charge is 0.390 e. The van der Waals surface area contributed by atoms with Crippen LogP contribution in [0.5, 0.6) is 0 Å². The maximum atomic E-state index is 9.85. The van der Waals surface area contributed by atoms with Crippen molar-refractivity contribution in [1.29, 1.82) is 5.26 Å². The first-order valence-electron chi connectivity index (χ1n) is 5.03. The molecule has 1 aromatic carbocycles. The summed E-state index contributed by atoms with van der Waals surface area (Å²) in [5.74, 6) is 0. The molecule has 16 heavy (non-hydrogen) atoms. The maximum absolute atomic E-state index is 9.85. The summed E-state index contributed by atoms with van der Waals surface area (Å²) in [6.45, 7) is 1.81. The molecule has 1 aromatic rings. The van der Waals surface area contributed by atoms with Crippen LogP contribution < -0.4 is 0 Å². The molecule has 0 fully saturated rings. The molecule has 0 saturated carbocycles. The summed E-state index contributed by atoms with van der Waals surface area (Å²) >= 11 is 3.21. The van der Waals surface area contributed by atoms with E-state index in [0.717, 1.165) is 5.56 Å². The normalized spacial score (nSPS) is 14.2. The van der Waals surface area contributed by atoms with Crippen LogP contribution in [-0.4, -0.2) is 21.6 Å². The summed E-state index contributed by atoms with van der Waals surface area (Å²) in [5, 5.41) is 28.9. The Morgan fingerprint density at radius 2 is 2.12 bits per heavy atom. The summed E-state index contributed by atoms with van der Waals surface area (Å²) < 4.78 is 0. The summed E-state index contributed by atoms with van der Waals surface area (Å²) in [4.78, 5) is 0. The van der Waals surface area contributed by atoms with E-state index >= 15 is 0 Å². The zero-order valence-electron chi connectivity index (χ0n) is 9.02. The first-order valence-corrected chi connectivity index (χ1v) is 6.15. The van der Waals surface area contributed by atoms with Gasteiger partial charge in [-0.05, 0) is 30.5 Å². The molecular weight excluding hydrogens is 270 g/mol. The van der Waals surface area contributed by atoms with Crippen LogP contribution in [0.3, 0.4) is 0 Å². The van der Waals surface area contributed by atoms with E-state index in [2.05, 4.69) is 22.0 Å². The van der Waals surface area contributed by atoms with Gasteiger partial charge in [0.1, 0.15) is 6.10 Å². The smallest absolute Gasteiger partial charge is 0.105 e. The van der Waals surface area contributed by atoms with Crippen molar-refractivity contribution in [2.45, 2.75) is 25.6 Å². The molecule has 0 heterocycles. The van der Waals surface area contributed by atoms with Crippen molar-refractivity contribution in [2.24, 2.45) is 0 Å². The lowest BCUT2D eigenvalue weighted by Gasteiger charge is -2.17. The van der Waals surface area contributed by atoms with Crippen LogP contribution >= 0.6 is 15.9 Å². The highest BCUT2D eigenvalue weighted by Crippen LogP contribution is 2.21. The Kier molecular flexibility index (Phi) is 4.94. The van der Waals surface area contributed by atoms with Crippen molar-refractivity contribution in [1.82, 2.24) is 0 Å². The molecule has 86 valence electrons. The number of aliphatic hydroxyl groups excluding tert-OH is 2. The third-order valence-electron chi connectivity index (χ3n) is 2.48. The van der Waals surface area contributed by atoms with E-state index in [1.807, 2.05) is 6.92 Å². The Labute approximate surface area is 103 Å². The zero-order valence-corrected chi connectivity index (χ0v) is 10.6. The summed E-state index contributed by atoms with van der Waals surface area (Å²) in [6, 6.07) is 7.14. The van der Waals surface area contributed by atoms with Gasteiger partial charge in [0.05, 0.1) is 17.7 Å². The SMILES string of the molecule is Cc1cc(C(O)C(O)CCBr)ccc1C#N. The van der Waals surface area contributed by atoms with Crippen molar-refractivity contribution in [3.63, 3.8) is 0 Å². The Balaban J connectivity index is 2.89. The second kappa shape index (κ2) is 6.00. The number of aliphatic hydroxyl groups is 2. The van der Waals surface area contributed by atoms with Gasteiger partial charge in [-0.2, -0.15) is 5.26 Å². The van der Waals surface area contributed by atoms with Gasteiger partial charge >= 0.3 is 0 Å². The second-order valence-corrected chi connectivity index (χ2v) is 4.47. The molecule has 1 rings (SSSR count). The number of nitrogens with zero attached hydrogens (tertiary/aromatic N) is 1. The minimum Gasteiger partial charge on any atom is -0.390 e. The fourth-order valence-corrected chi connectivity index (χ4v) is 1.96. The van der Waals surface area contributed by atoms with Crippen LogP contribution in [0, 0.1) is 18.3 Å². The monoisotopic (exact) mass is 283 g/mol. The van der Waals surface area contributed by atoms with E-state index in [9.17, 15) is 10.2 Å². The number of alkyl halides is 1. The quantitative estimate of drug-likeness (QED) is 0.832. The molecule has 0 amide bonds. The number of benzene rings is 1. The molecule has 4 heteroatoms. The van der Waals surface area contributed by atoms with Gasteiger partial charge < -0.3 is 10.2 Å². The molecule has 0 aliphatic carbocycles. The number of aryl methyl sites for hydroxylation is 1. The van der Waals surface area contributed by atoms with Gasteiger partial charge in [-0.25, -0.2) is 0 Å². The number of rotatable bonds is 4. The molecule has 0 aromatic heterocycles. The molecule has 2 N–H and O–H groups in total. The van der Waals surface area contributed by atoms with Crippen LogP contribution in [0.1, 0.15) is 29.2 Å². The third kappa shape index (κ3) is 3.05. The third-order valence-corrected chi connectivity index (χ3v) is 2.94.